The third-order valence-electron chi connectivity index (χ3n) is 3.93. The van der Waals surface area contributed by atoms with Gasteiger partial charge in [-0.15, -0.1) is 0 Å². The maximum absolute atomic E-state index is 12.2. The van der Waals surface area contributed by atoms with Gasteiger partial charge in [0.05, 0.1) is 11.3 Å². The van der Waals surface area contributed by atoms with Crippen molar-refractivity contribution >= 4 is 17.3 Å². The zero-order valence-electron chi connectivity index (χ0n) is 14.5. The number of ether oxygens (including phenoxy) is 1. The molecule has 0 aromatic heterocycles. The number of nitro groups is 1. The van der Waals surface area contributed by atoms with Crippen LogP contribution in [0.2, 0.25) is 0 Å². The van der Waals surface area contributed by atoms with E-state index in [9.17, 15) is 14.9 Å². The molecule has 0 radical (unpaired) electrons. The Balaban J connectivity index is 1.56. The van der Waals surface area contributed by atoms with Gasteiger partial charge in [0.25, 0.3) is 5.69 Å². The van der Waals surface area contributed by atoms with E-state index in [1.54, 1.807) is 42.5 Å². The fraction of sp³-hybridized carbons (Fsp3) is 0.0952. The van der Waals surface area contributed by atoms with Crippen LogP contribution in [-0.2, 0) is 17.8 Å². The Morgan fingerprint density at radius 2 is 1.59 bits per heavy atom. The molecule has 6 heteroatoms. The van der Waals surface area contributed by atoms with Gasteiger partial charge in [0.15, 0.2) is 0 Å². The van der Waals surface area contributed by atoms with E-state index in [0.29, 0.717) is 23.6 Å². The molecular formula is C21H18N2O4. The van der Waals surface area contributed by atoms with Crippen LogP contribution in [0.3, 0.4) is 0 Å². The number of para-hydroxylation sites is 1. The van der Waals surface area contributed by atoms with E-state index in [4.69, 9.17) is 4.74 Å². The van der Waals surface area contributed by atoms with Crippen molar-refractivity contribution in [3.63, 3.8) is 0 Å². The average molecular weight is 362 g/mol. The number of nitrogens with one attached hydrogen (secondary N) is 1. The van der Waals surface area contributed by atoms with Crippen molar-refractivity contribution in [2.75, 3.05) is 5.32 Å². The molecule has 3 rings (SSSR count). The molecule has 0 spiro atoms. The second-order valence-electron chi connectivity index (χ2n) is 5.91. The number of hydrogen-bond acceptors (Lipinski definition) is 4. The minimum atomic E-state index is -0.485. The lowest BCUT2D eigenvalue weighted by Gasteiger charge is -2.09. The molecule has 0 saturated heterocycles. The van der Waals surface area contributed by atoms with Gasteiger partial charge in [-0.25, -0.2) is 0 Å². The van der Waals surface area contributed by atoms with E-state index < -0.39 is 4.92 Å². The van der Waals surface area contributed by atoms with Crippen LogP contribution >= 0.6 is 0 Å². The number of rotatable bonds is 7. The molecule has 6 nitrogen and oxygen atoms in total. The van der Waals surface area contributed by atoms with Crippen LogP contribution in [0.15, 0.2) is 78.9 Å². The van der Waals surface area contributed by atoms with Gasteiger partial charge >= 0.3 is 0 Å². The number of anilines is 1. The molecule has 0 heterocycles. The van der Waals surface area contributed by atoms with Gasteiger partial charge < -0.3 is 10.1 Å². The molecule has 0 aliphatic rings. The molecule has 0 atom stereocenters. The van der Waals surface area contributed by atoms with E-state index in [1.165, 1.54) is 6.07 Å². The Morgan fingerprint density at radius 3 is 2.30 bits per heavy atom. The number of amides is 1. The van der Waals surface area contributed by atoms with Crippen LogP contribution in [0, 0.1) is 10.1 Å². The maximum Gasteiger partial charge on any atom is 0.273 e. The lowest BCUT2D eigenvalue weighted by atomic mass is 10.1. The van der Waals surface area contributed by atoms with Gasteiger partial charge in [0, 0.05) is 17.3 Å². The van der Waals surface area contributed by atoms with Gasteiger partial charge in [-0.1, -0.05) is 48.5 Å². The van der Waals surface area contributed by atoms with Crippen molar-refractivity contribution in [3.05, 3.63) is 100 Å². The van der Waals surface area contributed by atoms with Crippen LogP contribution in [-0.4, -0.2) is 10.8 Å². The summed E-state index contributed by atoms with van der Waals surface area (Å²) in [5.74, 6) is 0.373. The fourth-order valence-electron chi connectivity index (χ4n) is 2.59. The standard InChI is InChI=1S/C21H18N2O4/c24-21(14-17-8-4-5-9-20(17)23(25)26)22-18-10-12-19(13-11-18)27-15-16-6-2-1-3-7-16/h1-13H,14-15H2,(H,22,24). The minimum absolute atomic E-state index is 0.0580. The Kier molecular flexibility index (Phi) is 5.79. The summed E-state index contributed by atoms with van der Waals surface area (Å²) in [5, 5.41) is 13.8. The summed E-state index contributed by atoms with van der Waals surface area (Å²) in [7, 11) is 0. The highest BCUT2D eigenvalue weighted by atomic mass is 16.6. The first-order valence-corrected chi connectivity index (χ1v) is 8.41. The molecule has 1 N–H and O–H groups in total. The smallest absolute Gasteiger partial charge is 0.273 e. The summed E-state index contributed by atoms with van der Waals surface area (Å²) in [6.07, 6.45) is -0.0661. The fourth-order valence-corrected chi connectivity index (χ4v) is 2.59. The molecule has 3 aromatic carbocycles. The first-order chi connectivity index (χ1) is 13.1. The highest BCUT2D eigenvalue weighted by Crippen LogP contribution is 2.20. The molecule has 1 amide bonds. The van der Waals surface area contributed by atoms with Crippen LogP contribution in [0.25, 0.3) is 0 Å². The van der Waals surface area contributed by atoms with Crippen molar-refractivity contribution < 1.29 is 14.5 Å². The minimum Gasteiger partial charge on any atom is -0.489 e. The predicted molar refractivity (Wildman–Crippen MR) is 103 cm³/mol. The maximum atomic E-state index is 12.2. The highest BCUT2D eigenvalue weighted by Gasteiger charge is 2.15. The first kappa shape index (κ1) is 18.1. The van der Waals surface area contributed by atoms with Crippen molar-refractivity contribution in [1.29, 1.82) is 0 Å². The van der Waals surface area contributed by atoms with E-state index in [0.717, 1.165) is 5.56 Å². The molecule has 0 aliphatic carbocycles. The summed E-state index contributed by atoms with van der Waals surface area (Å²) in [5.41, 5.74) is 1.99. The predicted octanol–water partition coefficient (Wildman–Crippen LogP) is 4.36. The van der Waals surface area contributed by atoms with Crippen molar-refractivity contribution in [3.8, 4) is 5.75 Å². The molecule has 27 heavy (non-hydrogen) atoms. The van der Waals surface area contributed by atoms with Crippen LogP contribution < -0.4 is 10.1 Å². The third-order valence-corrected chi connectivity index (χ3v) is 3.93. The topological polar surface area (TPSA) is 81.5 Å². The second kappa shape index (κ2) is 8.62. The van der Waals surface area contributed by atoms with E-state index >= 15 is 0 Å². The van der Waals surface area contributed by atoms with Crippen LogP contribution in [0.1, 0.15) is 11.1 Å². The number of nitrogens with zero attached hydrogens (tertiary/aromatic N) is 1. The molecule has 0 unspecified atom stereocenters. The summed E-state index contributed by atoms with van der Waals surface area (Å²) in [6, 6.07) is 23.0. The summed E-state index contributed by atoms with van der Waals surface area (Å²) in [4.78, 5) is 22.7. The molecule has 0 fully saturated rings. The Hall–Kier alpha value is -3.67. The number of carbonyl (C=O) groups is 1. The number of hydrogen-bond donors (Lipinski definition) is 1. The quantitative estimate of drug-likeness (QED) is 0.500. The van der Waals surface area contributed by atoms with Crippen molar-refractivity contribution in [2.24, 2.45) is 0 Å². The second-order valence-corrected chi connectivity index (χ2v) is 5.91. The highest BCUT2D eigenvalue weighted by molar-refractivity contribution is 5.92. The van der Waals surface area contributed by atoms with Gasteiger partial charge in [0.1, 0.15) is 12.4 Å². The average Bonchev–Trinajstić information content (AvgIpc) is 2.68. The monoisotopic (exact) mass is 362 g/mol. The van der Waals surface area contributed by atoms with Gasteiger partial charge in [-0.2, -0.15) is 0 Å². The molecule has 136 valence electrons. The van der Waals surface area contributed by atoms with E-state index in [-0.39, 0.29) is 18.0 Å². The van der Waals surface area contributed by atoms with Crippen molar-refractivity contribution in [2.45, 2.75) is 13.0 Å². The Morgan fingerprint density at radius 1 is 0.926 bits per heavy atom. The molecule has 0 bridgehead atoms. The van der Waals surface area contributed by atoms with Gasteiger partial charge in [0.2, 0.25) is 5.91 Å². The largest absolute Gasteiger partial charge is 0.489 e. The number of nitro benzene ring substituents is 1. The normalized spacial score (nSPS) is 10.2. The molecular weight excluding hydrogens is 344 g/mol. The molecule has 0 aliphatic heterocycles. The third kappa shape index (κ3) is 5.15. The van der Waals surface area contributed by atoms with Gasteiger partial charge in [-0.3, -0.25) is 14.9 Å². The number of carbonyl (C=O) groups excluding carboxylic acids is 1. The lowest BCUT2D eigenvalue weighted by Crippen LogP contribution is -2.15. The Labute approximate surface area is 156 Å². The molecule has 0 saturated carbocycles. The zero-order valence-corrected chi connectivity index (χ0v) is 14.5. The van der Waals surface area contributed by atoms with E-state index in [1.807, 2.05) is 30.3 Å². The summed E-state index contributed by atoms with van der Waals surface area (Å²) >= 11 is 0. The Bertz CT molecular complexity index is 924. The number of benzene rings is 3. The first-order valence-electron chi connectivity index (χ1n) is 8.41. The summed E-state index contributed by atoms with van der Waals surface area (Å²) in [6.45, 7) is 0.463. The van der Waals surface area contributed by atoms with Crippen molar-refractivity contribution in [1.82, 2.24) is 0 Å². The lowest BCUT2D eigenvalue weighted by molar-refractivity contribution is -0.385. The van der Waals surface area contributed by atoms with E-state index in [2.05, 4.69) is 5.32 Å². The van der Waals surface area contributed by atoms with Crippen LogP contribution in [0.5, 0.6) is 5.75 Å². The summed E-state index contributed by atoms with van der Waals surface area (Å²) < 4.78 is 5.70. The van der Waals surface area contributed by atoms with Crippen LogP contribution in [0.4, 0.5) is 11.4 Å². The van der Waals surface area contributed by atoms with Gasteiger partial charge in [-0.05, 0) is 29.8 Å². The molecule has 3 aromatic rings. The zero-order chi connectivity index (χ0) is 19.1. The SMILES string of the molecule is O=C(Cc1ccccc1[N+](=O)[O-])Nc1ccc(OCc2ccccc2)cc1.